The molecule has 0 radical (unpaired) electrons. The van der Waals surface area contributed by atoms with E-state index in [9.17, 15) is 4.39 Å². The molecule has 0 aliphatic heterocycles. The van der Waals surface area contributed by atoms with Crippen molar-refractivity contribution in [3.63, 3.8) is 0 Å². The molecule has 1 N–H and O–H groups in total. The van der Waals surface area contributed by atoms with Crippen LogP contribution in [0.2, 0.25) is 0 Å². The highest BCUT2D eigenvalue weighted by Gasteiger charge is 1.97. The van der Waals surface area contributed by atoms with Gasteiger partial charge >= 0.3 is 0 Å². The monoisotopic (exact) mass is 240 g/mol. The van der Waals surface area contributed by atoms with Crippen LogP contribution < -0.4 is 5.32 Å². The molecule has 0 spiro atoms. The number of benzene rings is 1. The van der Waals surface area contributed by atoms with Gasteiger partial charge in [0.1, 0.15) is 11.6 Å². The second-order valence-electron chi connectivity index (χ2n) is 3.90. The van der Waals surface area contributed by atoms with Crippen molar-refractivity contribution in [1.82, 2.24) is 4.98 Å². The molecule has 0 amide bonds. The number of anilines is 1. The number of hydrogen-bond acceptors (Lipinski definition) is 2. The smallest absolute Gasteiger partial charge is 0.128 e. The number of rotatable bonds is 1. The third-order valence-corrected chi connectivity index (χ3v) is 2.51. The summed E-state index contributed by atoms with van der Waals surface area (Å²) in [5.74, 6) is 6.58. The molecule has 0 aliphatic rings. The Morgan fingerprint density at radius 3 is 2.39 bits per heavy atom. The van der Waals surface area contributed by atoms with Gasteiger partial charge < -0.3 is 5.32 Å². The van der Waals surface area contributed by atoms with Gasteiger partial charge in [-0.15, -0.1) is 0 Å². The standard InChI is InChI=1S/C15H13FN2/c1-11-9-13(10-18-15(11)17-2)4-3-12-5-7-14(16)8-6-12/h5-10H,1-2H3,(H,17,18). The van der Waals surface area contributed by atoms with Gasteiger partial charge in [0.15, 0.2) is 0 Å². The van der Waals surface area contributed by atoms with Gasteiger partial charge in [-0.25, -0.2) is 9.37 Å². The molecular weight excluding hydrogens is 227 g/mol. The van der Waals surface area contributed by atoms with Gasteiger partial charge in [0.2, 0.25) is 0 Å². The van der Waals surface area contributed by atoms with Gasteiger partial charge in [-0.3, -0.25) is 0 Å². The van der Waals surface area contributed by atoms with Gasteiger partial charge in [-0.2, -0.15) is 0 Å². The lowest BCUT2D eigenvalue weighted by atomic mass is 10.2. The number of pyridine rings is 1. The summed E-state index contributed by atoms with van der Waals surface area (Å²) < 4.78 is 12.7. The first-order valence-electron chi connectivity index (χ1n) is 5.61. The van der Waals surface area contributed by atoms with Crippen LogP contribution in [0.25, 0.3) is 0 Å². The summed E-state index contributed by atoms with van der Waals surface area (Å²) in [6, 6.07) is 8.08. The van der Waals surface area contributed by atoms with Crippen LogP contribution in [-0.2, 0) is 0 Å². The molecule has 1 aromatic carbocycles. The normalized spacial score (nSPS) is 9.50. The van der Waals surface area contributed by atoms with E-state index >= 15 is 0 Å². The summed E-state index contributed by atoms with van der Waals surface area (Å²) in [4.78, 5) is 4.25. The maximum absolute atomic E-state index is 12.7. The van der Waals surface area contributed by atoms with Crippen LogP contribution in [0.3, 0.4) is 0 Å². The lowest BCUT2D eigenvalue weighted by Crippen LogP contribution is -1.95. The van der Waals surface area contributed by atoms with Crippen LogP contribution in [0.1, 0.15) is 16.7 Å². The summed E-state index contributed by atoms with van der Waals surface area (Å²) in [6.45, 7) is 1.97. The lowest BCUT2D eigenvalue weighted by molar-refractivity contribution is 0.627. The molecule has 0 saturated heterocycles. The fourth-order valence-corrected chi connectivity index (χ4v) is 1.58. The zero-order valence-electron chi connectivity index (χ0n) is 10.3. The molecule has 90 valence electrons. The molecular formula is C15H13FN2. The molecule has 0 aliphatic carbocycles. The number of aromatic nitrogens is 1. The molecule has 18 heavy (non-hydrogen) atoms. The fraction of sp³-hybridized carbons (Fsp3) is 0.133. The maximum atomic E-state index is 12.7. The summed E-state index contributed by atoms with van der Waals surface area (Å²) in [7, 11) is 1.83. The number of nitrogens with one attached hydrogen (secondary N) is 1. The van der Waals surface area contributed by atoms with Crippen LogP contribution in [0.4, 0.5) is 10.2 Å². The van der Waals surface area contributed by atoms with Crippen molar-refractivity contribution >= 4 is 5.82 Å². The van der Waals surface area contributed by atoms with E-state index in [1.807, 2.05) is 20.0 Å². The first kappa shape index (κ1) is 12.1. The van der Waals surface area contributed by atoms with Crippen molar-refractivity contribution in [1.29, 1.82) is 0 Å². The largest absolute Gasteiger partial charge is 0.373 e. The summed E-state index contributed by atoms with van der Waals surface area (Å²) in [5.41, 5.74) is 2.67. The Labute approximate surface area is 106 Å². The average molecular weight is 240 g/mol. The van der Waals surface area contributed by atoms with Crippen LogP contribution in [0.15, 0.2) is 36.5 Å². The SMILES string of the molecule is CNc1ncc(C#Cc2ccc(F)cc2)cc1C. The van der Waals surface area contributed by atoms with Gasteiger partial charge in [0.05, 0.1) is 0 Å². The molecule has 2 nitrogen and oxygen atoms in total. The van der Waals surface area contributed by atoms with E-state index in [4.69, 9.17) is 0 Å². The molecule has 3 heteroatoms. The number of nitrogens with zero attached hydrogens (tertiary/aromatic N) is 1. The third-order valence-electron chi connectivity index (χ3n) is 2.51. The molecule has 2 rings (SSSR count). The van der Waals surface area contributed by atoms with Crippen LogP contribution in [-0.4, -0.2) is 12.0 Å². The Morgan fingerprint density at radius 1 is 1.11 bits per heavy atom. The van der Waals surface area contributed by atoms with Crippen molar-refractivity contribution in [2.45, 2.75) is 6.92 Å². The molecule has 0 bridgehead atoms. The van der Waals surface area contributed by atoms with Gasteiger partial charge in [-0.05, 0) is 42.8 Å². The molecule has 2 aromatic rings. The van der Waals surface area contributed by atoms with Gasteiger partial charge in [0, 0.05) is 24.4 Å². The highest BCUT2D eigenvalue weighted by atomic mass is 19.1. The predicted octanol–water partition coefficient (Wildman–Crippen LogP) is 2.97. The quantitative estimate of drug-likeness (QED) is 0.775. The van der Waals surface area contributed by atoms with Crippen molar-refractivity contribution in [3.05, 3.63) is 59.0 Å². The average Bonchev–Trinajstić information content (AvgIpc) is 2.38. The Hall–Kier alpha value is -2.34. The van der Waals surface area contributed by atoms with E-state index in [-0.39, 0.29) is 5.82 Å². The first-order valence-corrected chi connectivity index (χ1v) is 5.61. The predicted molar refractivity (Wildman–Crippen MR) is 70.9 cm³/mol. The zero-order chi connectivity index (χ0) is 13.0. The van der Waals surface area contributed by atoms with Crippen LogP contribution in [0.5, 0.6) is 0 Å². The van der Waals surface area contributed by atoms with Crippen LogP contribution >= 0.6 is 0 Å². The molecule has 1 heterocycles. The van der Waals surface area contributed by atoms with Crippen molar-refractivity contribution < 1.29 is 4.39 Å². The number of halogens is 1. The molecule has 0 saturated carbocycles. The minimum Gasteiger partial charge on any atom is -0.373 e. The van der Waals surface area contributed by atoms with E-state index in [0.717, 1.165) is 22.5 Å². The van der Waals surface area contributed by atoms with E-state index in [1.54, 1.807) is 18.3 Å². The maximum Gasteiger partial charge on any atom is 0.128 e. The number of hydrogen-bond donors (Lipinski definition) is 1. The van der Waals surface area contributed by atoms with Gasteiger partial charge in [-0.1, -0.05) is 11.8 Å². The van der Waals surface area contributed by atoms with E-state index in [2.05, 4.69) is 22.1 Å². The Bertz CT molecular complexity index is 607. The third kappa shape index (κ3) is 2.86. The Kier molecular flexibility index (Phi) is 3.59. The second kappa shape index (κ2) is 5.33. The second-order valence-corrected chi connectivity index (χ2v) is 3.90. The molecule has 1 aromatic heterocycles. The lowest BCUT2D eigenvalue weighted by Gasteiger charge is -2.02. The topological polar surface area (TPSA) is 24.9 Å². The van der Waals surface area contributed by atoms with Crippen molar-refractivity contribution in [3.8, 4) is 11.8 Å². The van der Waals surface area contributed by atoms with Crippen molar-refractivity contribution in [2.75, 3.05) is 12.4 Å². The minimum absolute atomic E-state index is 0.253. The number of aryl methyl sites for hydroxylation is 1. The Balaban J connectivity index is 2.24. The molecule has 0 atom stereocenters. The Morgan fingerprint density at radius 2 is 1.78 bits per heavy atom. The van der Waals surface area contributed by atoms with E-state index in [0.29, 0.717) is 0 Å². The van der Waals surface area contributed by atoms with E-state index in [1.165, 1.54) is 12.1 Å². The van der Waals surface area contributed by atoms with Crippen molar-refractivity contribution in [2.24, 2.45) is 0 Å². The molecule has 0 unspecified atom stereocenters. The summed E-state index contributed by atoms with van der Waals surface area (Å²) in [5, 5.41) is 3.00. The highest BCUT2D eigenvalue weighted by Crippen LogP contribution is 2.11. The summed E-state index contributed by atoms with van der Waals surface area (Å²) in [6.07, 6.45) is 1.72. The highest BCUT2D eigenvalue weighted by molar-refractivity contribution is 5.49. The zero-order valence-corrected chi connectivity index (χ0v) is 10.3. The van der Waals surface area contributed by atoms with Gasteiger partial charge in [0.25, 0.3) is 0 Å². The van der Waals surface area contributed by atoms with Crippen LogP contribution in [0, 0.1) is 24.6 Å². The minimum atomic E-state index is -0.253. The fourth-order valence-electron chi connectivity index (χ4n) is 1.58. The summed E-state index contributed by atoms with van der Waals surface area (Å²) >= 11 is 0. The first-order chi connectivity index (χ1) is 8.69. The molecule has 0 fully saturated rings. The van der Waals surface area contributed by atoms with E-state index < -0.39 is 0 Å².